The first-order valence-electron chi connectivity index (χ1n) is 8.30. The standard InChI is InChI=1S/C16H31N3/c1-13(2)16-12-18-7-4-5-15(18)11-19(16)10-14-6-8-17(3)9-14/h13-16H,4-12H2,1-3H3. The minimum Gasteiger partial charge on any atom is -0.306 e. The molecule has 0 aromatic carbocycles. The monoisotopic (exact) mass is 265 g/mol. The number of piperazine rings is 1. The average Bonchev–Trinajstić information content (AvgIpc) is 2.96. The lowest BCUT2D eigenvalue weighted by molar-refractivity contribution is 0.0202. The van der Waals surface area contributed by atoms with Crippen molar-refractivity contribution in [1.82, 2.24) is 14.7 Å². The molecular weight excluding hydrogens is 234 g/mol. The second-order valence-corrected chi connectivity index (χ2v) is 7.47. The Labute approximate surface area is 118 Å². The molecule has 0 spiro atoms. The molecule has 0 aromatic rings. The van der Waals surface area contributed by atoms with Crippen molar-refractivity contribution in [3.05, 3.63) is 0 Å². The van der Waals surface area contributed by atoms with Crippen molar-refractivity contribution in [3.63, 3.8) is 0 Å². The molecule has 3 saturated heterocycles. The molecule has 0 N–H and O–H groups in total. The normalized spacial score (nSPS) is 38.2. The molecule has 0 radical (unpaired) electrons. The van der Waals surface area contributed by atoms with Crippen molar-refractivity contribution in [2.45, 2.75) is 45.2 Å². The summed E-state index contributed by atoms with van der Waals surface area (Å²) in [5.74, 6) is 1.71. The molecule has 3 nitrogen and oxygen atoms in total. The molecule has 3 aliphatic heterocycles. The van der Waals surface area contributed by atoms with E-state index in [2.05, 4.69) is 35.6 Å². The summed E-state index contributed by atoms with van der Waals surface area (Å²) < 4.78 is 0. The van der Waals surface area contributed by atoms with E-state index in [9.17, 15) is 0 Å². The molecule has 3 atom stereocenters. The average molecular weight is 265 g/mol. The van der Waals surface area contributed by atoms with Gasteiger partial charge in [0.15, 0.2) is 0 Å². The molecule has 0 amide bonds. The summed E-state index contributed by atoms with van der Waals surface area (Å²) in [6, 6.07) is 1.66. The lowest BCUT2D eigenvalue weighted by atomic mass is 9.95. The number of hydrogen-bond donors (Lipinski definition) is 0. The Bertz CT molecular complexity index is 304. The van der Waals surface area contributed by atoms with E-state index in [1.165, 1.54) is 58.5 Å². The lowest BCUT2D eigenvalue weighted by Crippen LogP contribution is -2.58. The van der Waals surface area contributed by atoms with Gasteiger partial charge in [-0.3, -0.25) is 9.80 Å². The number of likely N-dealkylation sites (tertiary alicyclic amines) is 1. The lowest BCUT2D eigenvalue weighted by Gasteiger charge is -2.46. The Balaban J connectivity index is 1.63. The third kappa shape index (κ3) is 2.98. The quantitative estimate of drug-likeness (QED) is 0.770. The van der Waals surface area contributed by atoms with Crippen LogP contribution in [0.4, 0.5) is 0 Å². The van der Waals surface area contributed by atoms with E-state index in [1.807, 2.05) is 0 Å². The van der Waals surface area contributed by atoms with Gasteiger partial charge in [0, 0.05) is 38.3 Å². The van der Waals surface area contributed by atoms with Crippen LogP contribution in [-0.2, 0) is 0 Å². The largest absolute Gasteiger partial charge is 0.306 e. The summed E-state index contributed by atoms with van der Waals surface area (Å²) in [5.41, 5.74) is 0. The Hall–Kier alpha value is -0.120. The maximum Gasteiger partial charge on any atom is 0.0247 e. The van der Waals surface area contributed by atoms with Crippen LogP contribution in [0.25, 0.3) is 0 Å². The number of nitrogens with zero attached hydrogens (tertiary/aromatic N) is 3. The van der Waals surface area contributed by atoms with Gasteiger partial charge in [0.1, 0.15) is 0 Å². The van der Waals surface area contributed by atoms with Crippen LogP contribution in [0, 0.1) is 11.8 Å². The third-order valence-corrected chi connectivity index (χ3v) is 5.59. The molecule has 0 aliphatic carbocycles. The first kappa shape index (κ1) is 13.8. The predicted molar refractivity (Wildman–Crippen MR) is 80.4 cm³/mol. The highest BCUT2D eigenvalue weighted by atomic mass is 15.3. The summed E-state index contributed by atoms with van der Waals surface area (Å²) in [7, 11) is 2.27. The van der Waals surface area contributed by atoms with Gasteiger partial charge in [0.25, 0.3) is 0 Å². The topological polar surface area (TPSA) is 9.72 Å². The number of rotatable bonds is 3. The van der Waals surface area contributed by atoms with E-state index in [-0.39, 0.29) is 0 Å². The fraction of sp³-hybridized carbons (Fsp3) is 1.00. The minimum absolute atomic E-state index is 0.792. The second kappa shape index (κ2) is 5.71. The van der Waals surface area contributed by atoms with Gasteiger partial charge in [-0.05, 0) is 51.2 Å². The van der Waals surface area contributed by atoms with Gasteiger partial charge in [0.2, 0.25) is 0 Å². The van der Waals surface area contributed by atoms with Crippen molar-refractivity contribution < 1.29 is 0 Å². The molecule has 110 valence electrons. The van der Waals surface area contributed by atoms with Crippen LogP contribution >= 0.6 is 0 Å². The highest BCUT2D eigenvalue weighted by molar-refractivity contribution is 4.94. The molecule has 0 bridgehead atoms. The maximum absolute atomic E-state index is 2.85. The Morgan fingerprint density at radius 3 is 2.58 bits per heavy atom. The highest BCUT2D eigenvalue weighted by Crippen LogP contribution is 2.29. The zero-order valence-corrected chi connectivity index (χ0v) is 13.0. The molecule has 3 unspecified atom stereocenters. The molecule has 3 aliphatic rings. The molecule has 3 rings (SSSR count). The minimum atomic E-state index is 0.792. The van der Waals surface area contributed by atoms with Crippen molar-refractivity contribution in [3.8, 4) is 0 Å². The summed E-state index contributed by atoms with van der Waals surface area (Å²) in [4.78, 5) is 8.11. The molecule has 19 heavy (non-hydrogen) atoms. The fourth-order valence-corrected chi connectivity index (χ4v) is 4.45. The van der Waals surface area contributed by atoms with Gasteiger partial charge < -0.3 is 4.90 Å². The van der Waals surface area contributed by atoms with Crippen molar-refractivity contribution in [1.29, 1.82) is 0 Å². The zero-order valence-electron chi connectivity index (χ0n) is 13.0. The highest BCUT2D eigenvalue weighted by Gasteiger charge is 2.38. The van der Waals surface area contributed by atoms with E-state index in [1.54, 1.807) is 0 Å². The van der Waals surface area contributed by atoms with E-state index >= 15 is 0 Å². The first-order valence-corrected chi connectivity index (χ1v) is 8.30. The van der Waals surface area contributed by atoms with Crippen LogP contribution in [0.5, 0.6) is 0 Å². The fourth-order valence-electron chi connectivity index (χ4n) is 4.45. The van der Waals surface area contributed by atoms with E-state index in [0.717, 1.165) is 23.9 Å². The van der Waals surface area contributed by atoms with E-state index < -0.39 is 0 Å². The SMILES string of the molecule is CC(C)C1CN2CCCC2CN1CC1CCN(C)C1. The first-order chi connectivity index (χ1) is 9.13. The number of hydrogen-bond acceptors (Lipinski definition) is 3. The third-order valence-electron chi connectivity index (χ3n) is 5.59. The Morgan fingerprint density at radius 2 is 1.89 bits per heavy atom. The summed E-state index contributed by atoms with van der Waals surface area (Å²) in [5, 5.41) is 0. The summed E-state index contributed by atoms with van der Waals surface area (Å²) in [6.45, 7) is 12.8. The molecule has 3 heterocycles. The predicted octanol–water partition coefficient (Wildman–Crippen LogP) is 1.74. The van der Waals surface area contributed by atoms with Gasteiger partial charge in [-0.25, -0.2) is 0 Å². The van der Waals surface area contributed by atoms with Crippen LogP contribution in [0.15, 0.2) is 0 Å². The second-order valence-electron chi connectivity index (χ2n) is 7.47. The Kier molecular flexibility index (Phi) is 4.16. The van der Waals surface area contributed by atoms with Crippen LogP contribution in [-0.4, -0.2) is 73.1 Å². The zero-order chi connectivity index (χ0) is 13.4. The van der Waals surface area contributed by atoms with Crippen LogP contribution in [0.3, 0.4) is 0 Å². The van der Waals surface area contributed by atoms with Gasteiger partial charge in [0.05, 0.1) is 0 Å². The van der Waals surface area contributed by atoms with Crippen molar-refractivity contribution in [2.24, 2.45) is 11.8 Å². The van der Waals surface area contributed by atoms with Gasteiger partial charge >= 0.3 is 0 Å². The smallest absolute Gasteiger partial charge is 0.0247 e. The molecule has 0 aromatic heterocycles. The maximum atomic E-state index is 2.85. The van der Waals surface area contributed by atoms with Gasteiger partial charge in [-0.2, -0.15) is 0 Å². The van der Waals surface area contributed by atoms with Crippen LogP contribution in [0.1, 0.15) is 33.1 Å². The van der Waals surface area contributed by atoms with E-state index in [4.69, 9.17) is 0 Å². The molecule has 3 heteroatoms. The summed E-state index contributed by atoms with van der Waals surface area (Å²) in [6.07, 6.45) is 4.27. The van der Waals surface area contributed by atoms with Crippen LogP contribution < -0.4 is 0 Å². The van der Waals surface area contributed by atoms with Gasteiger partial charge in [-0.1, -0.05) is 13.8 Å². The van der Waals surface area contributed by atoms with E-state index in [0.29, 0.717) is 0 Å². The van der Waals surface area contributed by atoms with Crippen LogP contribution in [0.2, 0.25) is 0 Å². The summed E-state index contributed by atoms with van der Waals surface area (Å²) >= 11 is 0. The van der Waals surface area contributed by atoms with Gasteiger partial charge in [-0.15, -0.1) is 0 Å². The Morgan fingerprint density at radius 1 is 1.05 bits per heavy atom. The molecule has 3 fully saturated rings. The van der Waals surface area contributed by atoms with Crippen molar-refractivity contribution in [2.75, 3.05) is 46.3 Å². The number of fused-ring (bicyclic) bond motifs is 1. The molecule has 0 saturated carbocycles. The molecular formula is C16H31N3. The van der Waals surface area contributed by atoms with Crippen molar-refractivity contribution >= 4 is 0 Å².